The van der Waals surface area contributed by atoms with E-state index in [4.69, 9.17) is 5.11 Å². The number of hydrogen-bond acceptors (Lipinski definition) is 4. The maximum absolute atomic E-state index is 12.2. The number of aromatic nitrogens is 4. The number of pyridine rings is 2. The summed E-state index contributed by atoms with van der Waals surface area (Å²) in [5.41, 5.74) is 1.56. The molecule has 0 aliphatic carbocycles. The molecule has 0 bridgehead atoms. The van der Waals surface area contributed by atoms with Crippen LogP contribution < -0.4 is 0 Å². The first-order chi connectivity index (χ1) is 11.8. The molecule has 0 aliphatic rings. The SMILES string of the molecule is O=C(O)c1ccnc(-c2cc3cnn(CCCC(F)(F)F)c3cn2)c1. The van der Waals surface area contributed by atoms with Crippen molar-refractivity contribution in [1.29, 1.82) is 0 Å². The Bertz CT molecular complexity index is 921. The average Bonchev–Trinajstić information content (AvgIpc) is 2.96. The van der Waals surface area contributed by atoms with Crippen LogP contribution in [0, 0.1) is 0 Å². The molecule has 0 aromatic carbocycles. The molecule has 0 fully saturated rings. The van der Waals surface area contributed by atoms with E-state index in [1.54, 1.807) is 6.07 Å². The van der Waals surface area contributed by atoms with Crippen molar-refractivity contribution in [2.75, 3.05) is 0 Å². The highest BCUT2D eigenvalue weighted by Crippen LogP contribution is 2.24. The van der Waals surface area contributed by atoms with Crippen molar-refractivity contribution in [2.24, 2.45) is 0 Å². The maximum Gasteiger partial charge on any atom is 0.389 e. The van der Waals surface area contributed by atoms with Gasteiger partial charge in [0.1, 0.15) is 0 Å². The van der Waals surface area contributed by atoms with E-state index in [2.05, 4.69) is 15.1 Å². The number of alkyl halides is 3. The van der Waals surface area contributed by atoms with Crippen LogP contribution in [-0.4, -0.2) is 37.0 Å². The molecule has 6 nitrogen and oxygen atoms in total. The number of rotatable bonds is 5. The average molecular weight is 350 g/mol. The number of fused-ring (bicyclic) bond motifs is 1. The van der Waals surface area contributed by atoms with Crippen LogP contribution in [0.15, 0.2) is 36.8 Å². The highest BCUT2D eigenvalue weighted by molar-refractivity contribution is 5.89. The van der Waals surface area contributed by atoms with Gasteiger partial charge in [0.25, 0.3) is 0 Å². The standard InChI is InChI=1S/C16H13F3N4O2/c17-16(18,19)3-1-5-23-14-9-21-13(7-11(14)8-22-23)12-6-10(15(24)25)2-4-20-12/h2,4,6-9H,1,3,5H2,(H,24,25). The first-order valence-corrected chi connectivity index (χ1v) is 7.41. The number of aromatic carboxylic acids is 1. The van der Waals surface area contributed by atoms with E-state index in [-0.39, 0.29) is 18.5 Å². The molecule has 0 saturated carbocycles. The van der Waals surface area contributed by atoms with Crippen LogP contribution in [0.2, 0.25) is 0 Å². The molecule has 0 amide bonds. The van der Waals surface area contributed by atoms with Crippen molar-refractivity contribution in [3.8, 4) is 11.4 Å². The molecule has 3 rings (SSSR count). The fourth-order valence-corrected chi connectivity index (χ4v) is 2.43. The van der Waals surface area contributed by atoms with Gasteiger partial charge < -0.3 is 5.11 Å². The van der Waals surface area contributed by atoms with Crippen LogP contribution in [0.4, 0.5) is 13.2 Å². The first kappa shape index (κ1) is 16.9. The summed E-state index contributed by atoms with van der Waals surface area (Å²) in [6.45, 7) is 0.136. The van der Waals surface area contributed by atoms with Crippen molar-refractivity contribution < 1.29 is 23.1 Å². The molecule has 0 spiro atoms. The molecule has 0 saturated heterocycles. The van der Waals surface area contributed by atoms with Gasteiger partial charge in [0.15, 0.2) is 0 Å². The van der Waals surface area contributed by atoms with E-state index < -0.39 is 18.6 Å². The van der Waals surface area contributed by atoms with Crippen molar-refractivity contribution in [2.45, 2.75) is 25.6 Å². The highest BCUT2D eigenvalue weighted by atomic mass is 19.4. The second kappa shape index (κ2) is 6.50. The molecule has 0 atom stereocenters. The maximum atomic E-state index is 12.2. The minimum absolute atomic E-state index is 0.0652. The molecule has 3 heterocycles. The van der Waals surface area contributed by atoms with Gasteiger partial charge in [-0.05, 0) is 24.6 Å². The second-order valence-electron chi connectivity index (χ2n) is 5.45. The first-order valence-electron chi connectivity index (χ1n) is 7.41. The summed E-state index contributed by atoms with van der Waals surface area (Å²) in [6, 6.07) is 4.46. The van der Waals surface area contributed by atoms with Crippen LogP contribution in [0.3, 0.4) is 0 Å². The molecule has 25 heavy (non-hydrogen) atoms. The zero-order chi connectivity index (χ0) is 18.0. The molecule has 130 valence electrons. The van der Waals surface area contributed by atoms with Gasteiger partial charge in [0, 0.05) is 24.5 Å². The molecule has 0 aliphatic heterocycles. The lowest BCUT2D eigenvalue weighted by Gasteiger charge is -2.07. The Morgan fingerprint density at radius 1 is 1.16 bits per heavy atom. The fourth-order valence-electron chi connectivity index (χ4n) is 2.43. The Kier molecular flexibility index (Phi) is 4.39. The molecule has 3 aromatic heterocycles. The van der Waals surface area contributed by atoms with Gasteiger partial charge >= 0.3 is 12.1 Å². The predicted molar refractivity (Wildman–Crippen MR) is 83.0 cm³/mol. The molecular formula is C16H13F3N4O2. The number of carboxylic acids is 1. The molecule has 9 heteroatoms. The van der Waals surface area contributed by atoms with E-state index >= 15 is 0 Å². The van der Waals surface area contributed by atoms with Crippen LogP contribution in [0.1, 0.15) is 23.2 Å². The minimum atomic E-state index is -4.19. The van der Waals surface area contributed by atoms with Crippen LogP contribution in [0.5, 0.6) is 0 Å². The quantitative estimate of drug-likeness (QED) is 0.761. The zero-order valence-corrected chi connectivity index (χ0v) is 12.9. The number of nitrogens with zero attached hydrogens (tertiary/aromatic N) is 4. The second-order valence-corrected chi connectivity index (χ2v) is 5.45. The molecular weight excluding hydrogens is 337 g/mol. The number of carboxylic acid groups (broad SMARTS) is 1. The third kappa shape index (κ3) is 3.93. The smallest absolute Gasteiger partial charge is 0.389 e. The number of hydrogen-bond donors (Lipinski definition) is 1. The Morgan fingerprint density at radius 2 is 1.92 bits per heavy atom. The summed E-state index contributed by atoms with van der Waals surface area (Å²) in [5, 5.41) is 13.8. The summed E-state index contributed by atoms with van der Waals surface area (Å²) in [6.07, 6.45) is -0.702. The largest absolute Gasteiger partial charge is 0.478 e. The van der Waals surface area contributed by atoms with Crippen LogP contribution in [0.25, 0.3) is 22.3 Å². The Labute approximate surface area is 139 Å². The van der Waals surface area contributed by atoms with E-state index in [9.17, 15) is 18.0 Å². The van der Waals surface area contributed by atoms with E-state index in [0.717, 1.165) is 0 Å². The number of aryl methyl sites for hydroxylation is 1. The van der Waals surface area contributed by atoms with E-state index in [1.807, 2.05) is 0 Å². The predicted octanol–water partition coefficient (Wildman–Crippen LogP) is 3.53. The lowest BCUT2D eigenvalue weighted by molar-refractivity contribution is -0.135. The molecule has 0 radical (unpaired) electrons. The Balaban J connectivity index is 1.84. The topological polar surface area (TPSA) is 80.9 Å². The van der Waals surface area contributed by atoms with Gasteiger partial charge in [0.05, 0.1) is 34.9 Å². The van der Waals surface area contributed by atoms with E-state index in [0.29, 0.717) is 22.3 Å². The van der Waals surface area contributed by atoms with Crippen molar-refractivity contribution in [1.82, 2.24) is 19.7 Å². The highest BCUT2D eigenvalue weighted by Gasteiger charge is 2.26. The monoisotopic (exact) mass is 350 g/mol. The normalized spacial score (nSPS) is 11.8. The van der Waals surface area contributed by atoms with E-state index in [1.165, 1.54) is 35.4 Å². The Morgan fingerprint density at radius 3 is 2.64 bits per heavy atom. The van der Waals surface area contributed by atoms with Gasteiger partial charge in [-0.2, -0.15) is 18.3 Å². The van der Waals surface area contributed by atoms with Crippen molar-refractivity contribution >= 4 is 16.9 Å². The summed E-state index contributed by atoms with van der Waals surface area (Å²) in [7, 11) is 0. The lowest BCUT2D eigenvalue weighted by Crippen LogP contribution is -2.09. The zero-order valence-electron chi connectivity index (χ0n) is 12.9. The number of carbonyl (C=O) groups is 1. The van der Waals surface area contributed by atoms with Gasteiger partial charge in [0.2, 0.25) is 0 Å². The van der Waals surface area contributed by atoms with Gasteiger partial charge in [-0.25, -0.2) is 4.79 Å². The summed E-state index contributed by atoms with van der Waals surface area (Å²) < 4.78 is 38.2. The van der Waals surface area contributed by atoms with Gasteiger partial charge in [-0.1, -0.05) is 0 Å². The third-order valence-electron chi connectivity index (χ3n) is 3.63. The lowest BCUT2D eigenvalue weighted by atomic mass is 10.1. The van der Waals surface area contributed by atoms with Gasteiger partial charge in [-0.3, -0.25) is 14.6 Å². The summed E-state index contributed by atoms with van der Waals surface area (Å²) in [5.74, 6) is -1.07. The molecule has 1 N–H and O–H groups in total. The summed E-state index contributed by atoms with van der Waals surface area (Å²) in [4.78, 5) is 19.4. The van der Waals surface area contributed by atoms with Gasteiger partial charge in [-0.15, -0.1) is 0 Å². The number of halogens is 3. The Hall–Kier alpha value is -2.97. The minimum Gasteiger partial charge on any atom is -0.478 e. The molecule has 0 unspecified atom stereocenters. The van der Waals surface area contributed by atoms with Crippen LogP contribution >= 0.6 is 0 Å². The van der Waals surface area contributed by atoms with Crippen molar-refractivity contribution in [3.63, 3.8) is 0 Å². The fraction of sp³-hybridized carbons (Fsp3) is 0.250. The summed E-state index contributed by atoms with van der Waals surface area (Å²) >= 11 is 0. The van der Waals surface area contributed by atoms with Crippen molar-refractivity contribution in [3.05, 3.63) is 42.4 Å². The third-order valence-corrected chi connectivity index (χ3v) is 3.63. The molecule has 3 aromatic rings. The van der Waals surface area contributed by atoms with Crippen LogP contribution in [-0.2, 0) is 6.54 Å².